The van der Waals surface area contributed by atoms with Gasteiger partial charge >= 0.3 is 0 Å². The first-order valence-corrected chi connectivity index (χ1v) is 13.5. The summed E-state index contributed by atoms with van der Waals surface area (Å²) in [5.41, 5.74) is 3.27. The second-order valence-corrected chi connectivity index (χ2v) is 13.9. The highest BCUT2D eigenvalue weighted by molar-refractivity contribution is 5.35. The third kappa shape index (κ3) is 3.73. The lowest BCUT2D eigenvalue weighted by molar-refractivity contribution is -0.0932. The van der Waals surface area contributed by atoms with Gasteiger partial charge in [-0.25, -0.2) is 0 Å². The zero-order valence-corrected chi connectivity index (χ0v) is 21.9. The monoisotopic (exact) mass is 446 g/mol. The third-order valence-electron chi connectivity index (χ3n) is 11.4. The number of aliphatic hydroxyl groups is 3. The zero-order valence-electron chi connectivity index (χ0n) is 21.9. The smallest absolute Gasteiger partial charge is 0.0849 e. The summed E-state index contributed by atoms with van der Waals surface area (Å²) < 4.78 is 0. The van der Waals surface area contributed by atoms with Crippen LogP contribution in [0.2, 0.25) is 0 Å². The Morgan fingerprint density at radius 1 is 0.969 bits per heavy atom. The van der Waals surface area contributed by atoms with Gasteiger partial charge in [0.05, 0.1) is 17.8 Å². The van der Waals surface area contributed by atoms with Crippen LogP contribution in [0.5, 0.6) is 0 Å². The Bertz CT molecular complexity index is 746. The van der Waals surface area contributed by atoms with Crippen LogP contribution in [0.4, 0.5) is 0 Å². The molecule has 0 saturated heterocycles. The molecular formula is C29H50O3. The van der Waals surface area contributed by atoms with Crippen LogP contribution in [0.3, 0.4) is 0 Å². The van der Waals surface area contributed by atoms with E-state index in [0.29, 0.717) is 29.6 Å². The quantitative estimate of drug-likeness (QED) is 0.437. The summed E-state index contributed by atoms with van der Waals surface area (Å²) in [6.07, 6.45) is 10.6. The van der Waals surface area contributed by atoms with Crippen LogP contribution in [-0.2, 0) is 0 Å². The van der Waals surface area contributed by atoms with Crippen LogP contribution in [0, 0.1) is 39.9 Å². The van der Waals surface area contributed by atoms with E-state index in [-0.39, 0.29) is 16.9 Å². The molecule has 0 bridgehead atoms. The normalized spacial score (nSPS) is 43.3. The molecule has 0 heterocycles. The highest BCUT2D eigenvalue weighted by atomic mass is 16.3. The first-order chi connectivity index (χ1) is 14.7. The lowest BCUT2D eigenvalue weighted by Crippen LogP contribution is -2.53. The maximum absolute atomic E-state index is 10.8. The number of aliphatic hydroxyl groups excluding tert-OH is 2. The van der Waals surface area contributed by atoms with Gasteiger partial charge in [-0.15, -0.1) is 0 Å². The Morgan fingerprint density at radius 2 is 1.66 bits per heavy atom. The number of rotatable bonds is 5. The maximum atomic E-state index is 10.8. The summed E-state index contributed by atoms with van der Waals surface area (Å²) in [6.45, 7) is 15.6. The van der Waals surface area contributed by atoms with E-state index in [0.717, 1.165) is 25.2 Å². The van der Waals surface area contributed by atoms with Gasteiger partial charge < -0.3 is 15.3 Å². The number of hydrogen-bond acceptors (Lipinski definition) is 3. The van der Waals surface area contributed by atoms with Gasteiger partial charge in [0.25, 0.3) is 0 Å². The summed E-state index contributed by atoms with van der Waals surface area (Å²) in [4.78, 5) is 0. The first-order valence-electron chi connectivity index (χ1n) is 13.5. The molecule has 3 heteroatoms. The predicted octanol–water partition coefficient (Wildman–Crippen LogP) is 6.25. The number of allylic oxidation sites excluding steroid dienone is 2. The molecule has 32 heavy (non-hydrogen) atoms. The Labute approximate surface area is 197 Å². The molecule has 184 valence electrons. The van der Waals surface area contributed by atoms with Crippen molar-refractivity contribution in [3.05, 3.63) is 11.1 Å². The summed E-state index contributed by atoms with van der Waals surface area (Å²) in [5, 5.41) is 31.2. The Hall–Kier alpha value is -0.380. The molecule has 4 aliphatic carbocycles. The first kappa shape index (κ1) is 24.7. The van der Waals surface area contributed by atoms with E-state index in [2.05, 4.69) is 34.6 Å². The maximum Gasteiger partial charge on any atom is 0.0849 e. The van der Waals surface area contributed by atoms with Crippen molar-refractivity contribution < 1.29 is 15.3 Å². The van der Waals surface area contributed by atoms with E-state index in [1.54, 1.807) is 19.4 Å². The van der Waals surface area contributed by atoms with Crippen LogP contribution in [-0.4, -0.2) is 33.1 Å². The van der Waals surface area contributed by atoms with Crippen molar-refractivity contribution in [3.63, 3.8) is 0 Å². The van der Waals surface area contributed by atoms with E-state index in [4.69, 9.17) is 0 Å². The molecule has 0 aromatic rings. The van der Waals surface area contributed by atoms with Gasteiger partial charge in [-0.1, -0.05) is 45.8 Å². The minimum absolute atomic E-state index is 0.0142. The summed E-state index contributed by atoms with van der Waals surface area (Å²) in [5.74, 6) is 2.62. The van der Waals surface area contributed by atoms with Crippen molar-refractivity contribution in [2.24, 2.45) is 39.9 Å². The third-order valence-corrected chi connectivity index (χ3v) is 11.4. The molecule has 0 aliphatic heterocycles. The Morgan fingerprint density at radius 3 is 2.31 bits per heavy atom. The lowest BCUT2D eigenvalue weighted by atomic mass is 9.46. The lowest BCUT2D eigenvalue weighted by Gasteiger charge is -2.60. The molecule has 3 nitrogen and oxygen atoms in total. The van der Waals surface area contributed by atoms with Crippen molar-refractivity contribution in [2.45, 2.75) is 130 Å². The molecule has 0 spiro atoms. The van der Waals surface area contributed by atoms with E-state index in [1.807, 2.05) is 5.57 Å². The predicted molar refractivity (Wildman–Crippen MR) is 131 cm³/mol. The molecule has 0 radical (unpaired) electrons. The summed E-state index contributed by atoms with van der Waals surface area (Å²) >= 11 is 0. The molecule has 2 fully saturated rings. The topological polar surface area (TPSA) is 60.7 Å². The Balaban J connectivity index is 1.54. The largest absolute Gasteiger partial charge is 0.393 e. The van der Waals surface area contributed by atoms with E-state index in [9.17, 15) is 15.3 Å². The Kier molecular flexibility index (Phi) is 6.25. The van der Waals surface area contributed by atoms with E-state index < -0.39 is 11.7 Å². The second-order valence-electron chi connectivity index (χ2n) is 13.9. The average molecular weight is 447 g/mol. The van der Waals surface area contributed by atoms with Crippen LogP contribution in [0.1, 0.15) is 113 Å². The number of fused-ring (bicyclic) bond motifs is 4. The molecule has 4 rings (SSSR count). The van der Waals surface area contributed by atoms with E-state index in [1.165, 1.54) is 38.5 Å². The fourth-order valence-corrected chi connectivity index (χ4v) is 9.24. The van der Waals surface area contributed by atoms with Gasteiger partial charge in [0.2, 0.25) is 0 Å². The van der Waals surface area contributed by atoms with Gasteiger partial charge in [0.1, 0.15) is 0 Å². The molecule has 0 aromatic carbocycles. The molecule has 0 aromatic heterocycles. The van der Waals surface area contributed by atoms with Crippen molar-refractivity contribution in [3.8, 4) is 0 Å². The van der Waals surface area contributed by atoms with Gasteiger partial charge in [-0.3, -0.25) is 0 Å². The SMILES string of the molecule is C[C@H](CCC(O)C(C)(C)O)[C@H]1CC[C@H]2C3=C(CC[C@]12C)[C@@]1(C)CC[C@H](O)C(C)(C)[C@@H]1CC3. The van der Waals surface area contributed by atoms with Crippen LogP contribution >= 0.6 is 0 Å². The van der Waals surface area contributed by atoms with Crippen LogP contribution < -0.4 is 0 Å². The van der Waals surface area contributed by atoms with Gasteiger partial charge in [0, 0.05) is 0 Å². The van der Waals surface area contributed by atoms with Gasteiger partial charge in [0.15, 0.2) is 0 Å². The van der Waals surface area contributed by atoms with Gasteiger partial charge in [-0.05, 0) is 118 Å². The summed E-state index contributed by atoms with van der Waals surface area (Å²) in [6, 6.07) is 0. The molecule has 4 aliphatic rings. The summed E-state index contributed by atoms with van der Waals surface area (Å²) in [7, 11) is 0. The van der Waals surface area contributed by atoms with Gasteiger partial charge in [-0.2, -0.15) is 0 Å². The van der Waals surface area contributed by atoms with Crippen molar-refractivity contribution in [2.75, 3.05) is 0 Å². The zero-order chi connectivity index (χ0) is 23.7. The molecular weight excluding hydrogens is 396 g/mol. The molecule has 8 atom stereocenters. The highest BCUT2D eigenvalue weighted by Crippen LogP contribution is 2.68. The standard InChI is InChI=1S/C29H50O3/c1-18(8-13-25(31)27(4,5)32)20-10-11-21-19-9-12-23-26(2,3)24(30)15-17-29(23,7)22(19)14-16-28(20,21)6/h18,20-21,23-25,30-32H,8-17H2,1-7H3/t18-,20-,21+,23+,24+,25?,28-,29-/m1/s1. The molecule has 2 saturated carbocycles. The highest BCUT2D eigenvalue weighted by Gasteiger charge is 2.59. The number of hydrogen-bond donors (Lipinski definition) is 3. The fourth-order valence-electron chi connectivity index (χ4n) is 9.24. The minimum atomic E-state index is -1.01. The van der Waals surface area contributed by atoms with Crippen LogP contribution in [0.15, 0.2) is 11.1 Å². The van der Waals surface area contributed by atoms with Crippen molar-refractivity contribution in [1.29, 1.82) is 0 Å². The second kappa shape index (κ2) is 8.09. The van der Waals surface area contributed by atoms with Crippen molar-refractivity contribution >= 4 is 0 Å². The molecule has 0 amide bonds. The molecule has 1 unspecified atom stereocenters. The minimum Gasteiger partial charge on any atom is -0.393 e. The van der Waals surface area contributed by atoms with Crippen molar-refractivity contribution in [1.82, 2.24) is 0 Å². The van der Waals surface area contributed by atoms with Crippen LogP contribution in [0.25, 0.3) is 0 Å². The van der Waals surface area contributed by atoms with E-state index >= 15 is 0 Å². The average Bonchev–Trinajstić information content (AvgIpc) is 3.05. The fraction of sp³-hybridized carbons (Fsp3) is 0.931. The molecule has 3 N–H and O–H groups in total.